The van der Waals surface area contributed by atoms with E-state index in [0.717, 1.165) is 0 Å². The zero-order valence-corrected chi connectivity index (χ0v) is 11.8. The lowest BCUT2D eigenvalue weighted by atomic mass is 10.2. The number of anilines is 1. The second-order valence-electron chi connectivity index (χ2n) is 3.94. The Bertz CT molecular complexity index is 777. The minimum absolute atomic E-state index is 0.0961. The van der Waals surface area contributed by atoms with Crippen molar-refractivity contribution in [1.29, 1.82) is 0 Å². The topological polar surface area (TPSA) is 79.0 Å². The summed E-state index contributed by atoms with van der Waals surface area (Å²) >= 11 is 0.595. The highest BCUT2D eigenvalue weighted by molar-refractivity contribution is 7.94. The first kappa shape index (κ1) is 13.8. The second kappa shape index (κ2) is 4.78. The molecule has 8 heteroatoms. The zero-order chi connectivity index (χ0) is 14.2. The van der Waals surface area contributed by atoms with Crippen LogP contribution in [0.3, 0.4) is 0 Å². The van der Waals surface area contributed by atoms with E-state index in [1.54, 1.807) is 0 Å². The van der Waals surface area contributed by atoms with E-state index in [9.17, 15) is 17.6 Å². The van der Waals surface area contributed by atoms with Gasteiger partial charge in [-0.2, -0.15) is 0 Å². The number of rotatable bonds is 3. The number of H-pyrrole nitrogens is 1. The van der Waals surface area contributed by atoms with E-state index in [-0.39, 0.29) is 21.2 Å². The summed E-state index contributed by atoms with van der Waals surface area (Å²) in [6.07, 6.45) is 0. The van der Waals surface area contributed by atoms with E-state index < -0.39 is 20.7 Å². The smallest absolute Gasteiger partial charge is 0.306 e. The molecule has 0 aliphatic carbocycles. The minimum atomic E-state index is -3.89. The molecule has 0 fully saturated rings. The number of halogens is 1. The van der Waals surface area contributed by atoms with Crippen LogP contribution in [0.1, 0.15) is 11.3 Å². The molecule has 0 unspecified atom stereocenters. The molecule has 102 valence electrons. The van der Waals surface area contributed by atoms with Crippen LogP contribution in [0.4, 0.5) is 10.1 Å². The molecule has 1 aromatic heterocycles. The van der Waals surface area contributed by atoms with E-state index in [1.807, 2.05) is 0 Å². The lowest BCUT2D eigenvalue weighted by Gasteiger charge is -2.09. The van der Waals surface area contributed by atoms with Gasteiger partial charge in [0.05, 0.1) is 5.69 Å². The molecule has 19 heavy (non-hydrogen) atoms. The van der Waals surface area contributed by atoms with Gasteiger partial charge < -0.3 is 4.98 Å². The molecule has 0 atom stereocenters. The Hall–Kier alpha value is -1.67. The van der Waals surface area contributed by atoms with E-state index in [4.69, 9.17) is 0 Å². The largest absolute Gasteiger partial charge is 0.315 e. The predicted octanol–water partition coefficient (Wildman–Crippen LogP) is 1.99. The van der Waals surface area contributed by atoms with Crippen molar-refractivity contribution in [2.24, 2.45) is 0 Å². The first-order chi connectivity index (χ1) is 8.81. The van der Waals surface area contributed by atoms with E-state index >= 15 is 0 Å². The molecule has 0 amide bonds. The van der Waals surface area contributed by atoms with Crippen LogP contribution in [0.5, 0.6) is 0 Å². The summed E-state index contributed by atoms with van der Waals surface area (Å²) < 4.78 is 39.8. The fourth-order valence-electron chi connectivity index (χ4n) is 1.56. The third-order valence-electron chi connectivity index (χ3n) is 2.54. The number of aromatic amines is 1. The highest BCUT2D eigenvalue weighted by Crippen LogP contribution is 2.23. The molecule has 1 aromatic carbocycles. The maximum absolute atomic E-state index is 13.4. The summed E-state index contributed by atoms with van der Waals surface area (Å²) in [4.78, 5) is 13.1. The average molecular weight is 302 g/mol. The van der Waals surface area contributed by atoms with Crippen LogP contribution in [-0.4, -0.2) is 13.4 Å². The van der Waals surface area contributed by atoms with Crippen LogP contribution >= 0.6 is 11.3 Å². The van der Waals surface area contributed by atoms with Gasteiger partial charge in [-0.25, -0.2) is 12.8 Å². The summed E-state index contributed by atoms with van der Waals surface area (Å²) in [6.45, 7) is 2.96. The Morgan fingerprint density at radius 2 is 2.00 bits per heavy atom. The summed E-state index contributed by atoms with van der Waals surface area (Å²) in [7, 11) is -3.89. The number of hydrogen-bond donors (Lipinski definition) is 2. The number of hydrogen-bond acceptors (Lipinski definition) is 4. The molecular weight excluding hydrogens is 291 g/mol. The maximum Gasteiger partial charge on any atom is 0.306 e. The van der Waals surface area contributed by atoms with Gasteiger partial charge in [-0.15, -0.1) is 0 Å². The molecule has 5 nitrogen and oxygen atoms in total. The molecule has 0 spiro atoms. The van der Waals surface area contributed by atoms with E-state index in [1.165, 1.54) is 32.0 Å². The minimum Gasteiger partial charge on any atom is -0.315 e. The standard InChI is InChI=1S/C11H11FN2O3S2/c1-6-8(12)4-3-5-9(6)14-19(16,17)10-7(2)13-11(15)18-10/h3-5,14H,1-2H3,(H,13,15). The molecule has 0 saturated carbocycles. The second-order valence-corrected chi connectivity index (χ2v) is 6.81. The van der Waals surface area contributed by atoms with Crippen LogP contribution in [0, 0.1) is 19.7 Å². The molecular formula is C11H11FN2O3S2. The molecule has 0 bridgehead atoms. The molecule has 0 aliphatic rings. The van der Waals surface area contributed by atoms with Gasteiger partial charge in [0.1, 0.15) is 5.82 Å². The number of nitrogens with one attached hydrogen (secondary N) is 2. The fraction of sp³-hybridized carbons (Fsp3) is 0.182. The normalized spacial score (nSPS) is 11.5. The third kappa shape index (κ3) is 2.69. The Balaban J connectivity index is 2.45. The molecule has 1 heterocycles. The van der Waals surface area contributed by atoms with Gasteiger partial charge in [0.15, 0.2) is 4.21 Å². The van der Waals surface area contributed by atoms with Gasteiger partial charge in [0.2, 0.25) is 0 Å². The van der Waals surface area contributed by atoms with E-state index in [2.05, 4.69) is 9.71 Å². The molecule has 0 radical (unpaired) electrons. The first-order valence-corrected chi connectivity index (χ1v) is 7.59. The lowest BCUT2D eigenvalue weighted by molar-refractivity contribution is 0.602. The molecule has 2 aromatic rings. The van der Waals surface area contributed by atoms with Crippen LogP contribution in [0.2, 0.25) is 0 Å². The van der Waals surface area contributed by atoms with Gasteiger partial charge in [-0.3, -0.25) is 9.52 Å². The molecule has 2 rings (SSSR count). The highest BCUT2D eigenvalue weighted by Gasteiger charge is 2.21. The van der Waals surface area contributed by atoms with Crippen molar-refractivity contribution in [3.63, 3.8) is 0 Å². The van der Waals surface area contributed by atoms with Crippen LogP contribution in [-0.2, 0) is 10.0 Å². The van der Waals surface area contributed by atoms with Gasteiger partial charge >= 0.3 is 4.87 Å². The Kier molecular flexibility index (Phi) is 3.46. The van der Waals surface area contributed by atoms with Gasteiger partial charge in [0.25, 0.3) is 10.0 Å². The van der Waals surface area contributed by atoms with Crippen LogP contribution < -0.4 is 9.60 Å². The molecule has 0 aliphatic heterocycles. The predicted molar refractivity (Wildman–Crippen MR) is 71.6 cm³/mol. The van der Waals surface area contributed by atoms with Crippen molar-refractivity contribution in [2.75, 3.05) is 4.72 Å². The Labute approximate surface area is 113 Å². The quantitative estimate of drug-likeness (QED) is 0.910. The van der Waals surface area contributed by atoms with Crippen molar-refractivity contribution in [3.05, 3.63) is 44.9 Å². The van der Waals surface area contributed by atoms with Crippen LogP contribution in [0.15, 0.2) is 27.2 Å². The van der Waals surface area contributed by atoms with Crippen molar-refractivity contribution < 1.29 is 12.8 Å². The number of thiazole rings is 1. The molecule has 0 saturated heterocycles. The average Bonchev–Trinajstić information content (AvgIpc) is 2.65. The summed E-state index contributed by atoms with van der Waals surface area (Å²) in [6, 6.07) is 4.11. The van der Waals surface area contributed by atoms with Crippen molar-refractivity contribution in [3.8, 4) is 0 Å². The zero-order valence-electron chi connectivity index (χ0n) is 10.2. The van der Waals surface area contributed by atoms with Crippen LogP contribution in [0.25, 0.3) is 0 Å². The van der Waals surface area contributed by atoms with E-state index in [0.29, 0.717) is 11.3 Å². The summed E-state index contributed by atoms with van der Waals surface area (Å²) in [5.74, 6) is -0.501. The maximum atomic E-state index is 13.4. The van der Waals surface area contributed by atoms with Gasteiger partial charge in [-0.05, 0) is 26.0 Å². The summed E-state index contributed by atoms with van der Waals surface area (Å²) in [5, 5.41) is 0. The summed E-state index contributed by atoms with van der Waals surface area (Å²) in [5.41, 5.74) is 0.614. The third-order valence-corrected chi connectivity index (χ3v) is 5.51. The SMILES string of the molecule is Cc1[nH]c(=O)sc1S(=O)(=O)Nc1cccc(F)c1C. The number of aromatic nitrogens is 1. The van der Waals surface area contributed by atoms with Crippen molar-refractivity contribution in [2.45, 2.75) is 18.1 Å². The van der Waals surface area contributed by atoms with Crippen molar-refractivity contribution >= 4 is 27.0 Å². The Morgan fingerprint density at radius 3 is 2.58 bits per heavy atom. The van der Waals surface area contributed by atoms with Gasteiger partial charge in [-0.1, -0.05) is 17.4 Å². The number of aryl methyl sites for hydroxylation is 1. The fourth-order valence-corrected chi connectivity index (χ4v) is 3.98. The van der Waals surface area contributed by atoms with Gasteiger partial charge in [0, 0.05) is 11.3 Å². The lowest BCUT2D eigenvalue weighted by Crippen LogP contribution is -2.13. The first-order valence-electron chi connectivity index (χ1n) is 5.29. The number of benzene rings is 1. The van der Waals surface area contributed by atoms with Crippen molar-refractivity contribution in [1.82, 2.24) is 4.98 Å². The number of sulfonamides is 1. The monoisotopic (exact) mass is 302 g/mol. The Morgan fingerprint density at radius 1 is 1.32 bits per heavy atom. The molecule has 2 N–H and O–H groups in total. The highest BCUT2D eigenvalue weighted by atomic mass is 32.2.